The van der Waals surface area contributed by atoms with Gasteiger partial charge in [0.1, 0.15) is 5.92 Å². The highest BCUT2D eigenvalue weighted by Crippen LogP contribution is 1.94. The Morgan fingerprint density at radius 2 is 1.88 bits per heavy atom. The Morgan fingerprint density at radius 3 is 2.00 bits per heavy atom. The number of nitrogens with zero attached hydrogens (tertiary/aromatic N) is 2. The van der Waals surface area contributed by atoms with Crippen LogP contribution in [0.4, 0.5) is 0 Å². The standard InChI is InChI=1S/C5H7N3/c6-2-1-5(3-7)4-8/h5H,1-2,6H2. The van der Waals surface area contributed by atoms with Crippen LogP contribution in [0.2, 0.25) is 0 Å². The van der Waals surface area contributed by atoms with Crippen molar-refractivity contribution in [1.82, 2.24) is 0 Å². The molecule has 0 saturated heterocycles. The van der Waals surface area contributed by atoms with Crippen LogP contribution in [0.5, 0.6) is 0 Å². The molecule has 0 rings (SSSR count). The topological polar surface area (TPSA) is 73.6 Å². The van der Waals surface area contributed by atoms with Gasteiger partial charge in [-0.25, -0.2) is 0 Å². The highest BCUT2D eigenvalue weighted by atomic mass is 14.5. The van der Waals surface area contributed by atoms with Crippen LogP contribution in [0.1, 0.15) is 6.42 Å². The van der Waals surface area contributed by atoms with E-state index in [1.807, 2.05) is 12.1 Å². The molecular weight excluding hydrogens is 102 g/mol. The largest absolute Gasteiger partial charge is 0.330 e. The molecule has 0 heterocycles. The minimum Gasteiger partial charge on any atom is -0.330 e. The predicted octanol–water partition coefficient (Wildman–Crippen LogP) is -0.00144. The first-order valence-corrected chi connectivity index (χ1v) is 2.34. The van der Waals surface area contributed by atoms with E-state index in [4.69, 9.17) is 16.3 Å². The first-order valence-electron chi connectivity index (χ1n) is 2.34. The van der Waals surface area contributed by atoms with Crippen LogP contribution in [0, 0.1) is 28.6 Å². The summed E-state index contributed by atoms with van der Waals surface area (Å²) in [7, 11) is 0. The molecule has 0 atom stereocenters. The molecule has 0 amide bonds. The average Bonchev–Trinajstić information content (AvgIpc) is 1.83. The van der Waals surface area contributed by atoms with E-state index in [1.165, 1.54) is 0 Å². The third-order valence-corrected chi connectivity index (χ3v) is 0.767. The monoisotopic (exact) mass is 109 g/mol. The molecular formula is C5H7N3. The summed E-state index contributed by atoms with van der Waals surface area (Å²) in [4.78, 5) is 0. The van der Waals surface area contributed by atoms with Gasteiger partial charge < -0.3 is 5.73 Å². The second-order valence-electron chi connectivity index (χ2n) is 1.39. The molecule has 3 nitrogen and oxygen atoms in total. The summed E-state index contributed by atoms with van der Waals surface area (Å²) in [5, 5.41) is 16.3. The van der Waals surface area contributed by atoms with E-state index in [-0.39, 0.29) is 0 Å². The summed E-state index contributed by atoms with van der Waals surface area (Å²) in [6.07, 6.45) is 0.479. The Labute approximate surface area is 48.3 Å². The lowest BCUT2D eigenvalue weighted by atomic mass is 10.1. The van der Waals surface area contributed by atoms with Crippen molar-refractivity contribution in [2.24, 2.45) is 11.7 Å². The van der Waals surface area contributed by atoms with Crippen molar-refractivity contribution >= 4 is 0 Å². The van der Waals surface area contributed by atoms with E-state index >= 15 is 0 Å². The molecule has 0 aromatic rings. The lowest BCUT2D eigenvalue weighted by Gasteiger charge is -1.90. The summed E-state index contributed by atoms with van der Waals surface area (Å²) in [5.41, 5.74) is 5.08. The lowest BCUT2D eigenvalue weighted by Crippen LogP contribution is -2.04. The van der Waals surface area contributed by atoms with E-state index in [0.29, 0.717) is 13.0 Å². The Kier molecular flexibility index (Phi) is 3.56. The van der Waals surface area contributed by atoms with E-state index in [0.717, 1.165) is 0 Å². The molecule has 0 aliphatic carbocycles. The van der Waals surface area contributed by atoms with Crippen LogP contribution in [-0.4, -0.2) is 6.54 Å². The first kappa shape index (κ1) is 6.94. The quantitative estimate of drug-likeness (QED) is 0.542. The molecule has 0 aliphatic heterocycles. The summed E-state index contributed by atoms with van der Waals surface area (Å²) < 4.78 is 0. The highest BCUT2D eigenvalue weighted by Gasteiger charge is 2.00. The number of rotatable bonds is 2. The summed E-state index contributed by atoms with van der Waals surface area (Å²) in [5.74, 6) is -0.514. The van der Waals surface area contributed by atoms with Gasteiger partial charge in [0, 0.05) is 0 Å². The SMILES string of the molecule is N#CC(C#N)CCN. The molecule has 42 valence electrons. The minimum absolute atomic E-state index is 0.409. The summed E-state index contributed by atoms with van der Waals surface area (Å²) in [6, 6.07) is 3.62. The number of nitrogens with two attached hydrogens (primary N) is 1. The number of hydrogen-bond donors (Lipinski definition) is 1. The fraction of sp³-hybridized carbons (Fsp3) is 0.600. The first-order chi connectivity index (χ1) is 3.85. The zero-order valence-corrected chi connectivity index (χ0v) is 4.46. The van der Waals surface area contributed by atoms with Gasteiger partial charge in [-0.05, 0) is 13.0 Å². The van der Waals surface area contributed by atoms with Crippen LogP contribution in [0.3, 0.4) is 0 Å². The molecule has 2 N–H and O–H groups in total. The minimum atomic E-state index is -0.514. The van der Waals surface area contributed by atoms with Crippen LogP contribution < -0.4 is 5.73 Å². The van der Waals surface area contributed by atoms with E-state index < -0.39 is 5.92 Å². The predicted molar refractivity (Wildman–Crippen MR) is 28.4 cm³/mol. The van der Waals surface area contributed by atoms with E-state index in [9.17, 15) is 0 Å². The van der Waals surface area contributed by atoms with Gasteiger partial charge in [0.15, 0.2) is 0 Å². The van der Waals surface area contributed by atoms with Crippen molar-refractivity contribution in [2.45, 2.75) is 6.42 Å². The fourth-order valence-corrected chi connectivity index (χ4v) is 0.325. The molecule has 0 bridgehead atoms. The molecule has 0 aliphatic rings. The zero-order chi connectivity index (χ0) is 6.41. The molecule has 0 fully saturated rings. The van der Waals surface area contributed by atoms with Crippen LogP contribution in [0.25, 0.3) is 0 Å². The maximum absolute atomic E-state index is 8.13. The van der Waals surface area contributed by atoms with Gasteiger partial charge in [0.25, 0.3) is 0 Å². The maximum Gasteiger partial charge on any atom is 0.134 e. The lowest BCUT2D eigenvalue weighted by molar-refractivity contribution is 0.743. The summed E-state index contributed by atoms with van der Waals surface area (Å²) in [6.45, 7) is 0.409. The van der Waals surface area contributed by atoms with Gasteiger partial charge >= 0.3 is 0 Å². The van der Waals surface area contributed by atoms with Gasteiger partial charge in [-0.15, -0.1) is 0 Å². The molecule has 0 aromatic carbocycles. The Balaban J connectivity index is 3.46. The zero-order valence-electron chi connectivity index (χ0n) is 4.46. The van der Waals surface area contributed by atoms with Crippen molar-refractivity contribution in [3.05, 3.63) is 0 Å². The van der Waals surface area contributed by atoms with Gasteiger partial charge in [0.05, 0.1) is 12.1 Å². The van der Waals surface area contributed by atoms with Crippen LogP contribution in [0.15, 0.2) is 0 Å². The van der Waals surface area contributed by atoms with Gasteiger partial charge in [-0.2, -0.15) is 10.5 Å². The van der Waals surface area contributed by atoms with E-state index in [1.54, 1.807) is 0 Å². The van der Waals surface area contributed by atoms with Crippen molar-refractivity contribution < 1.29 is 0 Å². The second kappa shape index (κ2) is 4.11. The third kappa shape index (κ3) is 2.17. The van der Waals surface area contributed by atoms with Crippen LogP contribution in [-0.2, 0) is 0 Å². The van der Waals surface area contributed by atoms with E-state index in [2.05, 4.69) is 0 Å². The number of hydrogen-bond acceptors (Lipinski definition) is 3. The Hall–Kier alpha value is -1.06. The van der Waals surface area contributed by atoms with Gasteiger partial charge in [-0.3, -0.25) is 0 Å². The summed E-state index contributed by atoms with van der Waals surface area (Å²) >= 11 is 0. The molecule has 0 saturated carbocycles. The van der Waals surface area contributed by atoms with Gasteiger partial charge in [0.2, 0.25) is 0 Å². The molecule has 0 spiro atoms. The van der Waals surface area contributed by atoms with Crippen LogP contribution >= 0.6 is 0 Å². The second-order valence-corrected chi connectivity index (χ2v) is 1.39. The Bertz CT molecular complexity index is 114. The van der Waals surface area contributed by atoms with Gasteiger partial charge in [-0.1, -0.05) is 0 Å². The van der Waals surface area contributed by atoms with Crippen molar-refractivity contribution in [2.75, 3.05) is 6.54 Å². The fourth-order valence-electron chi connectivity index (χ4n) is 0.325. The normalized spacial score (nSPS) is 8.00. The molecule has 3 heteroatoms. The maximum atomic E-state index is 8.13. The molecule has 0 unspecified atom stereocenters. The molecule has 0 aromatic heterocycles. The molecule has 8 heavy (non-hydrogen) atoms. The third-order valence-electron chi connectivity index (χ3n) is 0.767. The average molecular weight is 109 g/mol. The van der Waals surface area contributed by atoms with Crippen molar-refractivity contribution in [3.63, 3.8) is 0 Å². The van der Waals surface area contributed by atoms with Crippen molar-refractivity contribution in [3.8, 4) is 12.1 Å². The number of nitriles is 2. The van der Waals surface area contributed by atoms with Crippen molar-refractivity contribution in [1.29, 1.82) is 10.5 Å². The molecule has 0 radical (unpaired) electrons. The smallest absolute Gasteiger partial charge is 0.134 e. The highest BCUT2D eigenvalue weighted by molar-refractivity contribution is 4.98. The Morgan fingerprint density at radius 1 is 1.38 bits per heavy atom.